The zero-order valence-corrected chi connectivity index (χ0v) is 18.2. The van der Waals surface area contributed by atoms with E-state index in [2.05, 4.69) is 5.32 Å². The number of halogens is 2. The third kappa shape index (κ3) is 4.49. The summed E-state index contributed by atoms with van der Waals surface area (Å²) in [6.45, 7) is 7.87. The first-order valence-electron chi connectivity index (χ1n) is 9.09. The van der Waals surface area contributed by atoms with E-state index in [0.29, 0.717) is 35.2 Å². The third-order valence-corrected chi connectivity index (χ3v) is 7.00. The number of carbonyl (C=O) groups excluding carboxylic acids is 2. The zero-order chi connectivity index (χ0) is 19.8. The number of piperidine rings is 1. The number of nitrogens with zero attached hydrogens (tertiary/aromatic N) is 2. The minimum absolute atomic E-state index is 0.0426. The first-order valence-corrected chi connectivity index (χ1v) is 10.8. The highest BCUT2D eigenvalue weighted by Gasteiger charge is 2.47. The number of hydrogen-bond acceptors (Lipinski definition) is 3. The monoisotopic (exact) mass is 429 g/mol. The van der Waals surface area contributed by atoms with Gasteiger partial charge in [-0.25, -0.2) is 4.79 Å². The van der Waals surface area contributed by atoms with Crippen molar-refractivity contribution in [1.29, 1.82) is 0 Å². The first-order chi connectivity index (χ1) is 12.6. The average molecular weight is 430 g/mol. The van der Waals surface area contributed by atoms with Crippen LogP contribution in [0.5, 0.6) is 0 Å². The number of urea groups is 1. The van der Waals surface area contributed by atoms with Crippen LogP contribution in [0.3, 0.4) is 0 Å². The second kappa shape index (κ2) is 7.72. The van der Waals surface area contributed by atoms with Gasteiger partial charge in [-0.15, -0.1) is 11.8 Å². The second-order valence-electron chi connectivity index (χ2n) is 8.04. The van der Waals surface area contributed by atoms with Crippen LogP contribution in [0.15, 0.2) is 18.2 Å². The summed E-state index contributed by atoms with van der Waals surface area (Å²) in [5.74, 6) is 0.833. The van der Waals surface area contributed by atoms with E-state index in [0.717, 1.165) is 18.6 Å². The molecule has 148 valence electrons. The number of nitrogens with one attached hydrogen (secondary N) is 1. The molecule has 2 fully saturated rings. The third-order valence-electron chi connectivity index (χ3n) is 4.90. The van der Waals surface area contributed by atoms with E-state index in [-0.39, 0.29) is 22.3 Å². The number of amides is 3. The van der Waals surface area contributed by atoms with Crippen molar-refractivity contribution in [3.05, 3.63) is 33.8 Å². The van der Waals surface area contributed by atoms with Gasteiger partial charge in [-0.2, -0.15) is 0 Å². The Morgan fingerprint density at radius 1 is 1.15 bits per heavy atom. The smallest absolute Gasteiger partial charge is 0.317 e. The lowest BCUT2D eigenvalue weighted by Gasteiger charge is -2.44. The van der Waals surface area contributed by atoms with Crippen molar-refractivity contribution in [1.82, 2.24) is 15.1 Å². The molecule has 0 radical (unpaired) electrons. The summed E-state index contributed by atoms with van der Waals surface area (Å²) in [5.41, 5.74) is 0.220. The van der Waals surface area contributed by atoms with Crippen LogP contribution in [0, 0.1) is 0 Å². The molecule has 0 bridgehead atoms. The molecular formula is C19H25Cl2N3O2S. The van der Waals surface area contributed by atoms with Crippen LogP contribution in [-0.2, 0) is 0 Å². The lowest BCUT2D eigenvalue weighted by atomic mass is 10.0. The fraction of sp³-hybridized carbons (Fsp3) is 0.579. The summed E-state index contributed by atoms with van der Waals surface area (Å²) in [6, 6.07) is 4.94. The SMILES string of the molecule is CC(C)(C)NC(=O)N1CCC2(CC1)SCCN2C(=O)c1ccc(Cl)cc1Cl. The summed E-state index contributed by atoms with van der Waals surface area (Å²) in [6.07, 6.45) is 1.51. The quantitative estimate of drug-likeness (QED) is 0.715. The zero-order valence-electron chi connectivity index (χ0n) is 15.8. The molecule has 1 N–H and O–H groups in total. The van der Waals surface area contributed by atoms with Gasteiger partial charge < -0.3 is 15.1 Å². The predicted octanol–water partition coefficient (Wildman–Crippen LogP) is 4.48. The molecule has 0 aliphatic carbocycles. The number of rotatable bonds is 1. The number of hydrogen-bond donors (Lipinski definition) is 1. The molecule has 0 saturated carbocycles. The standard InChI is InChI=1S/C19H25Cl2N3O2S/c1-18(2,3)22-17(26)23-8-6-19(7-9-23)24(10-11-27-19)16(25)14-5-4-13(20)12-15(14)21/h4-5,12H,6-11H2,1-3H3,(H,22,26). The van der Waals surface area contributed by atoms with Crippen molar-refractivity contribution in [2.75, 3.05) is 25.4 Å². The number of thioether (sulfide) groups is 1. The van der Waals surface area contributed by atoms with Gasteiger partial charge in [0.25, 0.3) is 5.91 Å². The maximum Gasteiger partial charge on any atom is 0.317 e. The van der Waals surface area contributed by atoms with Gasteiger partial charge in [0, 0.05) is 35.9 Å². The van der Waals surface area contributed by atoms with Crippen molar-refractivity contribution in [3.8, 4) is 0 Å². The van der Waals surface area contributed by atoms with Crippen molar-refractivity contribution in [3.63, 3.8) is 0 Å². The number of likely N-dealkylation sites (tertiary alicyclic amines) is 1. The van der Waals surface area contributed by atoms with Crippen LogP contribution < -0.4 is 5.32 Å². The van der Waals surface area contributed by atoms with E-state index in [1.54, 1.807) is 18.2 Å². The second-order valence-corrected chi connectivity index (χ2v) is 10.3. The van der Waals surface area contributed by atoms with Crippen LogP contribution in [0.2, 0.25) is 10.0 Å². The van der Waals surface area contributed by atoms with E-state index >= 15 is 0 Å². The van der Waals surface area contributed by atoms with E-state index in [4.69, 9.17) is 23.2 Å². The van der Waals surface area contributed by atoms with Crippen LogP contribution >= 0.6 is 35.0 Å². The van der Waals surface area contributed by atoms with Crippen molar-refractivity contribution < 1.29 is 9.59 Å². The Morgan fingerprint density at radius 2 is 1.81 bits per heavy atom. The molecule has 2 aliphatic heterocycles. The molecule has 0 aromatic heterocycles. The lowest BCUT2D eigenvalue weighted by molar-refractivity contribution is 0.0579. The van der Waals surface area contributed by atoms with E-state index < -0.39 is 0 Å². The Kier molecular flexibility index (Phi) is 5.90. The largest absolute Gasteiger partial charge is 0.333 e. The summed E-state index contributed by atoms with van der Waals surface area (Å²) < 4.78 is 0. The normalized spacial score (nSPS) is 19.4. The summed E-state index contributed by atoms with van der Waals surface area (Å²) in [4.78, 5) is 29.1. The molecule has 1 aromatic carbocycles. The average Bonchev–Trinajstić information content (AvgIpc) is 2.96. The maximum absolute atomic E-state index is 13.1. The highest BCUT2D eigenvalue weighted by atomic mass is 35.5. The molecule has 2 heterocycles. The van der Waals surface area contributed by atoms with Gasteiger partial charge in [0.15, 0.2) is 0 Å². The Morgan fingerprint density at radius 3 is 2.41 bits per heavy atom. The topological polar surface area (TPSA) is 52.7 Å². The number of carbonyl (C=O) groups is 2. The van der Waals surface area contributed by atoms with Gasteiger partial charge in [0.05, 0.1) is 15.5 Å². The van der Waals surface area contributed by atoms with Crippen LogP contribution in [0.1, 0.15) is 44.0 Å². The highest BCUT2D eigenvalue weighted by Crippen LogP contribution is 2.45. The summed E-state index contributed by atoms with van der Waals surface area (Å²) >= 11 is 14.0. The van der Waals surface area contributed by atoms with E-state index in [1.807, 2.05) is 42.3 Å². The molecule has 3 amide bonds. The Hall–Kier alpha value is -1.11. The Bertz CT molecular complexity index is 743. The van der Waals surface area contributed by atoms with Crippen molar-refractivity contribution in [2.24, 2.45) is 0 Å². The lowest BCUT2D eigenvalue weighted by Crippen LogP contribution is -2.56. The van der Waals surface area contributed by atoms with Gasteiger partial charge in [-0.3, -0.25) is 4.79 Å². The van der Waals surface area contributed by atoms with E-state index in [9.17, 15) is 9.59 Å². The highest BCUT2D eigenvalue weighted by molar-refractivity contribution is 8.00. The van der Waals surface area contributed by atoms with Crippen LogP contribution in [0.4, 0.5) is 4.79 Å². The Labute approximate surface area is 174 Å². The fourth-order valence-electron chi connectivity index (χ4n) is 3.58. The van der Waals surface area contributed by atoms with Gasteiger partial charge >= 0.3 is 6.03 Å². The predicted molar refractivity (Wildman–Crippen MR) is 112 cm³/mol. The molecule has 5 nitrogen and oxygen atoms in total. The first kappa shape index (κ1) is 20.6. The maximum atomic E-state index is 13.1. The molecule has 1 aromatic rings. The van der Waals surface area contributed by atoms with Gasteiger partial charge in [0.2, 0.25) is 0 Å². The van der Waals surface area contributed by atoms with Gasteiger partial charge in [-0.05, 0) is 51.8 Å². The molecule has 2 saturated heterocycles. The molecule has 0 atom stereocenters. The molecule has 0 unspecified atom stereocenters. The molecule has 27 heavy (non-hydrogen) atoms. The van der Waals surface area contributed by atoms with Crippen LogP contribution in [-0.4, -0.2) is 57.5 Å². The molecule has 2 aliphatic rings. The van der Waals surface area contributed by atoms with Crippen molar-refractivity contribution in [2.45, 2.75) is 44.0 Å². The van der Waals surface area contributed by atoms with Gasteiger partial charge in [-0.1, -0.05) is 23.2 Å². The molecule has 1 spiro atoms. The minimum Gasteiger partial charge on any atom is -0.333 e. The summed E-state index contributed by atoms with van der Waals surface area (Å²) in [7, 11) is 0. The van der Waals surface area contributed by atoms with Gasteiger partial charge in [0.1, 0.15) is 0 Å². The summed E-state index contributed by atoms with van der Waals surface area (Å²) in [5, 5.41) is 3.90. The molecule has 8 heteroatoms. The van der Waals surface area contributed by atoms with E-state index in [1.165, 1.54) is 0 Å². The molecular weight excluding hydrogens is 405 g/mol. The molecule has 3 rings (SSSR count). The number of benzene rings is 1. The minimum atomic E-state index is -0.265. The van der Waals surface area contributed by atoms with Crippen LogP contribution in [0.25, 0.3) is 0 Å². The fourth-order valence-corrected chi connectivity index (χ4v) is 5.52. The Balaban J connectivity index is 1.71. The van der Waals surface area contributed by atoms with Crippen molar-refractivity contribution >= 4 is 46.9 Å².